The Morgan fingerprint density at radius 1 is 1.17 bits per heavy atom. The van der Waals surface area contributed by atoms with Crippen LogP contribution in [0, 0.1) is 23.7 Å². The van der Waals surface area contributed by atoms with Gasteiger partial charge in [0, 0.05) is 12.3 Å². The molecule has 2 saturated carbocycles. The topological polar surface area (TPSA) is 83.6 Å². The van der Waals surface area contributed by atoms with Gasteiger partial charge in [-0.2, -0.15) is 0 Å². The summed E-state index contributed by atoms with van der Waals surface area (Å²) in [6.07, 6.45) is 12.5. The average molecular weight is 396 g/mol. The van der Waals surface area contributed by atoms with Gasteiger partial charge in [0.1, 0.15) is 0 Å². The summed E-state index contributed by atoms with van der Waals surface area (Å²) in [4.78, 5) is 10.9. The first kappa shape index (κ1) is 20.4. The van der Waals surface area contributed by atoms with Crippen molar-refractivity contribution in [3.63, 3.8) is 0 Å². The summed E-state index contributed by atoms with van der Waals surface area (Å²) >= 11 is 0. The maximum Gasteiger partial charge on any atom is 0.217 e. The molecule has 0 saturated heterocycles. The second kappa shape index (κ2) is 8.85. The maximum absolute atomic E-state index is 10.9. The molecule has 3 aliphatic carbocycles. The molecule has 0 spiro atoms. The Morgan fingerprint density at radius 3 is 2.59 bits per heavy atom. The predicted molar refractivity (Wildman–Crippen MR) is 114 cm³/mol. The van der Waals surface area contributed by atoms with E-state index in [1.807, 2.05) is 6.08 Å². The second-order valence-corrected chi connectivity index (χ2v) is 9.25. The van der Waals surface area contributed by atoms with Crippen LogP contribution >= 0.6 is 0 Å². The van der Waals surface area contributed by atoms with Crippen molar-refractivity contribution in [2.45, 2.75) is 63.6 Å². The summed E-state index contributed by atoms with van der Waals surface area (Å²) in [6.45, 7) is 0. The first-order chi connectivity index (χ1) is 14.0. The zero-order valence-corrected chi connectivity index (χ0v) is 17.0. The molecule has 1 amide bonds. The summed E-state index contributed by atoms with van der Waals surface area (Å²) in [5.74, 6) is 1.15. The second-order valence-electron chi connectivity index (χ2n) is 9.25. The third-order valence-electron chi connectivity index (χ3n) is 7.27. The third-order valence-corrected chi connectivity index (χ3v) is 7.27. The maximum atomic E-state index is 10.9. The van der Waals surface area contributed by atoms with Gasteiger partial charge in [0.2, 0.25) is 5.91 Å². The summed E-state index contributed by atoms with van der Waals surface area (Å²) in [5.41, 5.74) is 9.38. The van der Waals surface area contributed by atoms with Crippen LogP contribution in [-0.2, 0) is 17.6 Å². The highest BCUT2D eigenvalue weighted by molar-refractivity contribution is 5.73. The number of unbranched alkanes of at least 4 members (excludes halogenated alkanes) is 1. The van der Waals surface area contributed by atoms with E-state index in [4.69, 9.17) is 5.73 Å². The molecule has 29 heavy (non-hydrogen) atoms. The number of allylic oxidation sites excluding steroid dienone is 2. The zero-order chi connectivity index (χ0) is 20.4. The number of nitrogens with two attached hydrogens (primary N) is 1. The Kier molecular flexibility index (Phi) is 6.21. The van der Waals surface area contributed by atoms with Gasteiger partial charge in [-0.15, -0.1) is 0 Å². The van der Waals surface area contributed by atoms with Gasteiger partial charge in [-0.05, 0) is 73.8 Å². The van der Waals surface area contributed by atoms with E-state index in [-0.39, 0.29) is 23.8 Å². The van der Waals surface area contributed by atoms with Crippen molar-refractivity contribution in [2.75, 3.05) is 0 Å². The number of fused-ring (bicyclic) bond motifs is 2. The number of carbonyl (C=O) groups is 1. The van der Waals surface area contributed by atoms with Crippen molar-refractivity contribution in [1.29, 1.82) is 0 Å². The van der Waals surface area contributed by atoms with Crippen LogP contribution in [0.25, 0.3) is 0 Å². The monoisotopic (exact) mass is 395 g/mol. The first-order valence-electron chi connectivity index (χ1n) is 11.1. The van der Waals surface area contributed by atoms with Crippen LogP contribution in [0.1, 0.15) is 49.7 Å². The molecule has 1 aromatic carbocycles. The van der Waals surface area contributed by atoms with E-state index in [0.29, 0.717) is 18.3 Å². The smallest absolute Gasteiger partial charge is 0.217 e. The molecular formula is C25H33NO3. The van der Waals surface area contributed by atoms with Gasteiger partial charge >= 0.3 is 0 Å². The molecule has 1 aromatic rings. The molecule has 2 fully saturated rings. The molecule has 4 nitrogen and oxygen atoms in total. The molecule has 156 valence electrons. The minimum atomic E-state index is -0.459. The Bertz CT molecular complexity index is 774. The Morgan fingerprint density at radius 2 is 1.90 bits per heavy atom. The van der Waals surface area contributed by atoms with Crippen LogP contribution in [0.2, 0.25) is 0 Å². The molecule has 0 aromatic heterocycles. The largest absolute Gasteiger partial charge is 0.392 e. The molecule has 5 atom stereocenters. The van der Waals surface area contributed by atoms with E-state index in [1.54, 1.807) is 0 Å². The number of hydrogen-bond acceptors (Lipinski definition) is 3. The van der Waals surface area contributed by atoms with E-state index in [2.05, 4.69) is 36.4 Å². The van der Waals surface area contributed by atoms with E-state index in [1.165, 1.54) is 16.7 Å². The van der Waals surface area contributed by atoms with Crippen LogP contribution in [0.5, 0.6) is 0 Å². The minimum Gasteiger partial charge on any atom is -0.392 e. The number of carbonyl (C=O) groups excluding carboxylic acids is 1. The lowest BCUT2D eigenvalue weighted by Gasteiger charge is -2.19. The highest BCUT2D eigenvalue weighted by Gasteiger charge is 2.45. The van der Waals surface area contributed by atoms with E-state index < -0.39 is 6.10 Å². The molecule has 4 heteroatoms. The van der Waals surface area contributed by atoms with Crippen LogP contribution in [0.3, 0.4) is 0 Å². The zero-order valence-electron chi connectivity index (χ0n) is 17.0. The SMILES string of the molecule is NC(=O)CCC/C=C1\CC2C[C@@H](O)[C@H](/C=C/[C@@H](O)C3Cc4ccccc4C3)C2C1. The number of rotatable bonds is 7. The van der Waals surface area contributed by atoms with Gasteiger partial charge in [0.25, 0.3) is 0 Å². The number of hydrogen-bond donors (Lipinski definition) is 3. The van der Waals surface area contributed by atoms with Crippen molar-refractivity contribution in [2.24, 2.45) is 29.4 Å². The van der Waals surface area contributed by atoms with Crippen LogP contribution in [0.4, 0.5) is 0 Å². The van der Waals surface area contributed by atoms with Crippen molar-refractivity contribution in [3.05, 3.63) is 59.2 Å². The van der Waals surface area contributed by atoms with E-state index in [0.717, 1.165) is 44.9 Å². The Balaban J connectivity index is 1.33. The molecule has 2 unspecified atom stereocenters. The first-order valence-corrected chi connectivity index (χ1v) is 11.1. The fourth-order valence-corrected chi connectivity index (χ4v) is 5.76. The average Bonchev–Trinajstić information content (AvgIpc) is 3.36. The molecule has 0 aliphatic heterocycles. The van der Waals surface area contributed by atoms with Gasteiger partial charge in [-0.1, -0.05) is 48.1 Å². The van der Waals surface area contributed by atoms with Gasteiger partial charge in [0.15, 0.2) is 0 Å². The predicted octanol–water partition coefficient (Wildman–Crippen LogP) is 3.31. The molecular weight excluding hydrogens is 362 g/mol. The Labute approximate surface area is 173 Å². The van der Waals surface area contributed by atoms with Crippen LogP contribution in [0.15, 0.2) is 48.1 Å². The lowest BCUT2D eigenvalue weighted by molar-refractivity contribution is -0.118. The van der Waals surface area contributed by atoms with Crippen molar-refractivity contribution in [3.8, 4) is 0 Å². The highest BCUT2D eigenvalue weighted by atomic mass is 16.3. The molecule has 0 bridgehead atoms. The lowest BCUT2D eigenvalue weighted by Crippen LogP contribution is -2.21. The van der Waals surface area contributed by atoms with Crippen LogP contribution in [-0.4, -0.2) is 28.3 Å². The van der Waals surface area contributed by atoms with Gasteiger partial charge in [-0.3, -0.25) is 4.79 Å². The Hall–Kier alpha value is -1.91. The van der Waals surface area contributed by atoms with Gasteiger partial charge in [0.05, 0.1) is 12.2 Å². The number of primary amides is 1. The number of aliphatic hydroxyl groups excluding tert-OH is 2. The summed E-state index contributed by atoms with van der Waals surface area (Å²) < 4.78 is 0. The fourth-order valence-electron chi connectivity index (χ4n) is 5.76. The molecule has 3 aliphatic rings. The molecule has 0 radical (unpaired) electrons. The standard InChI is InChI=1S/C25H33NO3/c26-25(29)8-4-1-5-16-11-19-15-24(28)21(22(19)12-16)9-10-23(27)20-13-17-6-2-3-7-18(17)14-20/h2-3,5-7,9-10,19-24,27-28H,1,4,8,11-15H2,(H2,26,29)/b10-9+,16-5+/t19?,21-,22?,23-,24-/m1/s1. The normalized spacial score (nSPS) is 31.4. The summed E-state index contributed by atoms with van der Waals surface area (Å²) in [5, 5.41) is 21.3. The van der Waals surface area contributed by atoms with Gasteiger partial charge in [-0.25, -0.2) is 0 Å². The molecule has 4 rings (SSSR count). The summed E-state index contributed by atoms with van der Waals surface area (Å²) in [6, 6.07) is 8.45. The molecule has 4 N–H and O–H groups in total. The minimum absolute atomic E-state index is 0.134. The van der Waals surface area contributed by atoms with Crippen molar-refractivity contribution in [1.82, 2.24) is 0 Å². The quantitative estimate of drug-likeness (QED) is 0.489. The molecule has 0 heterocycles. The van der Waals surface area contributed by atoms with Crippen LogP contribution < -0.4 is 5.73 Å². The van der Waals surface area contributed by atoms with Crippen molar-refractivity contribution < 1.29 is 15.0 Å². The highest BCUT2D eigenvalue weighted by Crippen LogP contribution is 2.50. The third kappa shape index (κ3) is 4.65. The van der Waals surface area contributed by atoms with Crippen molar-refractivity contribution >= 4 is 5.91 Å². The van der Waals surface area contributed by atoms with Gasteiger partial charge < -0.3 is 15.9 Å². The number of aliphatic hydroxyl groups is 2. The number of benzene rings is 1. The van der Waals surface area contributed by atoms with E-state index in [9.17, 15) is 15.0 Å². The number of amides is 1. The lowest BCUT2D eigenvalue weighted by atomic mass is 9.89. The van der Waals surface area contributed by atoms with E-state index >= 15 is 0 Å². The summed E-state index contributed by atoms with van der Waals surface area (Å²) in [7, 11) is 0. The fraction of sp³-hybridized carbons (Fsp3) is 0.560.